The van der Waals surface area contributed by atoms with E-state index < -0.39 is 5.97 Å². The van der Waals surface area contributed by atoms with E-state index in [0.29, 0.717) is 5.92 Å². The van der Waals surface area contributed by atoms with Crippen molar-refractivity contribution in [3.63, 3.8) is 0 Å². The molecule has 1 heterocycles. The zero-order valence-corrected chi connectivity index (χ0v) is 7.74. The number of carboxylic acid groups (broad SMARTS) is 1. The van der Waals surface area contributed by atoms with Gasteiger partial charge in [0, 0.05) is 6.61 Å². The minimum atomic E-state index is -0.670. The van der Waals surface area contributed by atoms with Gasteiger partial charge in [0.15, 0.2) is 0 Å². The molecule has 3 heteroatoms. The number of hydrogen-bond donors (Lipinski definition) is 1. The summed E-state index contributed by atoms with van der Waals surface area (Å²) in [5.74, 6) is -0.378. The van der Waals surface area contributed by atoms with Crippen molar-refractivity contribution >= 4 is 5.97 Å². The first-order valence-corrected chi connectivity index (χ1v) is 5.13. The van der Waals surface area contributed by atoms with E-state index in [9.17, 15) is 4.79 Å². The van der Waals surface area contributed by atoms with E-state index in [1.165, 1.54) is 6.42 Å². The molecule has 1 saturated heterocycles. The topological polar surface area (TPSA) is 46.5 Å². The van der Waals surface area contributed by atoms with Gasteiger partial charge in [0.25, 0.3) is 0 Å². The van der Waals surface area contributed by atoms with E-state index >= 15 is 0 Å². The summed E-state index contributed by atoms with van der Waals surface area (Å²) in [5.41, 5.74) is 0. The molecule has 0 aromatic rings. The maximum absolute atomic E-state index is 10.9. The van der Waals surface area contributed by atoms with Crippen molar-refractivity contribution in [2.75, 3.05) is 6.61 Å². The Balaban J connectivity index is 1.99. The zero-order chi connectivity index (χ0) is 9.26. The van der Waals surface area contributed by atoms with Crippen molar-refractivity contribution in [3.8, 4) is 0 Å². The largest absolute Gasteiger partial charge is 0.481 e. The molecule has 74 valence electrons. The molecule has 2 rings (SSSR count). The van der Waals surface area contributed by atoms with E-state index in [4.69, 9.17) is 9.84 Å². The zero-order valence-electron chi connectivity index (χ0n) is 7.74. The molecule has 0 aromatic heterocycles. The summed E-state index contributed by atoms with van der Waals surface area (Å²) in [6, 6.07) is 0. The van der Waals surface area contributed by atoms with Crippen molar-refractivity contribution in [3.05, 3.63) is 0 Å². The van der Waals surface area contributed by atoms with Crippen molar-refractivity contribution < 1.29 is 14.6 Å². The fraction of sp³-hybridized carbons (Fsp3) is 0.900. The molecule has 0 amide bonds. The van der Waals surface area contributed by atoms with E-state index in [2.05, 4.69) is 0 Å². The monoisotopic (exact) mass is 184 g/mol. The molecule has 2 aliphatic rings. The Labute approximate surface area is 78.1 Å². The molecule has 1 aliphatic heterocycles. The highest BCUT2D eigenvalue weighted by atomic mass is 16.5. The number of rotatable bonds is 2. The van der Waals surface area contributed by atoms with Crippen molar-refractivity contribution in [1.82, 2.24) is 0 Å². The molecule has 1 N–H and O–H groups in total. The van der Waals surface area contributed by atoms with Crippen LogP contribution >= 0.6 is 0 Å². The van der Waals surface area contributed by atoms with Crippen LogP contribution in [0, 0.1) is 11.8 Å². The smallest absolute Gasteiger partial charge is 0.309 e. The summed E-state index contributed by atoms with van der Waals surface area (Å²) < 4.78 is 5.57. The van der Waals surface area contributed by atoms with E-state index in [0.717, 1.165) is 32.3 Å². The maximum Gasteiger partial charge on any atom is 0.309 e. The average molecular weight is 184 g/mol. The van der Waals surface area contributed by atoms with Crippen LogP contribution in [0.5, 0.6) is 0 Å². The summed E-state index contributed by atoms with van der Waals surface area (Å²) >= 11 is 0. The number of carbonyl (C=O) groups is 1. The van der Waals surface area contributed by atoms with Gasteiger partial charge in [0.1, 0.15) is 0 Å². The molecule has 0 radical (unpaired) electrons. The van der Waals surface area contributed by atoms with Gasteiger partial charge in [0.2, 0.25) is 0 Å². The normalized spacial score (nSPS) is 35.4. The second kappa shape index (κ2) is 3.66. The third-order valence-electron chi connectivity index (χ3n) is 3.30. The molecular weight excluding hydrogens is 168 g/mol. The first kappa shape index (κ1) is 9.00. The van der Waals surface area contributed by atoms with Crippen LogP contribution in [0.15, 0.2) is 0 Å². The van der Waals surface area contributed by atoms with Crippen LogP contribution < -0.4 is 0 Å². The lowest BCUT2D eigenvalue weighted by Crippen LogP contribution is -2.42. The lowest BCUT2D eigenvalue weighted by molar-refractivity contribution is -0.157. The average Bonchev–Trinajstić information content (AvgIpc) is 2.02. The summed E-state index contributed by atoms with van der Waals surface area (Å²) in [6.07, 6.45) is 5.29. The Kier molecular flexibility index (Phi) is 2.54. The van der Waals surface area contributed by atoms with Crippen molar-refractivity contribution in [2.24, 2.45) is 11.8 Å². The van der Waals surface area contributed by atoms with Gasteiger partial charge in [-0.3, -0.25) is 4.79 Å². The summed E-state index contributed by atoms with van der Waals surface area (Å²) in [5, 5.41) is 9.00. The predicted molar refractivity (Wildman–Crippen MR) is 47.4 cm³/mol. The molecule has 3 nitrogen and oxygen atoms in total. The number of carboxylic acids is 1. The van der Waals surface area contributed by atoms with Crippen molar-refractivity contribution in [2.45, 2.75) is 38.2 Å². The van der Waals surface area contributed by atoms with E-state index in [1.54, 1.807) is 0 Å². The molecule has 2 fully saturated rings. The second-order valence-corrected chi connectivity index (χ2v) is 4.11. The fourth-order valence-electron chi connectivity index (χ4n) is 2.30. The minimum absolute atomic E-state index is 0.0139. The number of hydrogen-bond acceptors (Lipinski definition) is 2. The quantitative estimate of drug-likeness (QED) is 0.710. The molecule has 1 saturated carbocycles. The van der Waals surface area contributed by atoms with Crippen LogP contribution in [-0.2, 0) is 9.53 Å². The van der Waals surface area contributed by atoms with Gasteiger partial charge in [-0.1, -0.05) is 6.42 Å². The SMILES string of the molecule is O=C(O)C1CCCOC1C1CCC1. The maximum atomic E-state index is 10.9. The summed E-state index contributed by atoms with van der Waals surface area (Å²) in [7, 11) is 0. The Morgan fingerprint density at radius 2 is 2.00 bits per heavy atom. The standard InChI is InChI=1S/C10H16O3/c11-10(12)8-5-2-6-13-9(8)7-3-1-4-7/h7-9H,1-6H2,(H,11,12). The Morgan fingerprint density at radius 3 is 2.54 bits per heavy atom. The number of aliphatic carboxylic acids is 1. The van der Waals surface area contributed by atoms with Gasteiger partial charge >= 0.3 is 5.97 Å². The Morgan fingerprint density at radius 1 is 1.23 bits per heavy atom. The first-order valence-electron chi connectivity index (χ1n) is 5.13. The lowest BCUT2D eigenvalue weighted by Gasteiger charge is -2.39. The van der Waals surface area contributed by atoms with Crippen LogP contribution in [0.4, 0.5) is 0 Å². The molecule has 0 spiro atoms. The van der Waals surface area contributed by atoms with Gasteiger partial charge in [-0.05, 0) is 31.6 Å². The Bertz CT molecular complexity index is 198. The van der Waals surface area contributed by atoms with Crippen LogP contribution in [0.2, 0.25) is 0 Å². The van der Waals surface area contributed by atoms with E-state index in [1.807, 2.05) is 0 Å². The molecule has 0 bridgehead atoms. The summed E-state index contributed by atoms with van der Waals surface area (Å²) in [4.78, 5) is 10.9. The Hall–Kier alpha value is -0.570. The van der Waals surface area contributed by atoms with Crippen LogP contribution in [0.25, 0.3) is 0 Å². The fourth-order valence-corrected chi connectivity index (χ4v) is 2.30. The van der Waals surface area contributed by atoms with Gasteiger partial charge in [-0.15, -0.1) is 0 Å². The first-order chi connectivity index (χ1) is 6.29. The molecule has 2 unspecified atom stereocenters. The van der Waals surface area contributed by atoms with Crippen LogP contribution in [0.1, 0.15) is 32.1 Å². The minimum Gasteiger partial charge on any atom is -0.481 e. The van der Waals surface area contributed by atoms with Gasteiger partial charge in [0.05, 0.1) is 12.0 Å². The highest BCUT2D eigenvalue weighted by molar-refractivity contribution is 5.70. The van der Waals surface area contributed by atoms with Gasteiger partial charge in [-0.2, -0.15) is 0 Å². The summed E-state index contributed by atoms with van der Waals surface area (Å²) in [6.45, 7) is 0.755. The lowest BCUT2D eigenvalue weighted by atomic mass is 9.74. The molecule has 13 heavy (non-hydrogen) atoms. The van der Waals surface area contributed by atoms with Crippen LogP contribution in [-0.4, -0.2) is 23.8 Å². The molecular formula is C10H16O3. The molecule has 0 aromatic carbocycles. The van der Waals surface area contributed by atoms with Gasteiger partial charge < -0.3 is 9.84 Å². The van der Waals surface area contributed by atoms with E-state index in [-0.39, 0.29) is 12.0 Å². The highest BCUT2D eigenvalue weighted by Gasteiger charge is 2.39. The van der Waals surface area contributed by atoms with Gasteiger partial charge in [-0.25, -0.2) is 0 Å². The third-order valence-corrected chi connectivity index (χ3v) is 3.30. The second-order valence-electron chi connectivity index (χ2n) is 4.11. The molecule has 2 atom stereocenters. The predicted octanol–water partition coefficient (Wildman–Crippen LogP) is 1.67. The number of ether oxygens (including phenoxy) is 1. The highest BCUT2D eigenvalue weighted by Crippen LogP contribution is 2.37. The third kappa shape index (κ3) is 1.70. The van der Waals surface area contributed by atoms with Crippen molar-refractivity contribution in [1.29, 1.82) is 0 Å². The molecule has 1 aliphatic carbocycles. The van der Waals surface area contributed by atoms with Crippen LogP contribution in [0.3, 0.4) is 0 Å².